The highest BCUT2D eigenvalue weighted by atomic mass is 35.5. The molecule has 0 aliphatic carbocycles. The maximum atomic E-state index is 12.7. The van der Waals surface area contributed by atoms with Gasteiger partial charge in [-0.05, 0) is 48.0 Å². The second-order valence-corrected chi connectivity index (χ2v) is 5.11. The molecule has 6 heteroatoms. The van der Waals surface area contributed by atoms with Gasteiger partial charge in [0.15, 0.2) is 17.3 Å². The first-order valence-corrected chi connectivity index (χ1v) is 7.00. The molecule has 0 aromatic heterocycles. The largest absolute Gasteiger partial charge is 0.493 e. The second-order valence-electron chi connectivity index (χ2n) is 4.33. The van der Waals surface area contributed by atoms with E-state index >= 15 is 0 Å². The van der Waals surface area contributed by atoms with Gasteiger partial charge in [-0.1, -0.05) is 11.6 Å². The Morgan fingerprint density at radius 3 is 2.09 bits per heavy atom. The number of methoxy groups -OCH3 is 2. The Morgan fingerprint density at radius 1 is 0.955 bits per heavy atom. The van der Waals surface area contributed by atoms with E-state index in [1.807, 2.05) is 0 Å². The lowest BCUT2D eigenvalue weighted by atomic mass is 9.97. The van der Waals surface area contributed by atoms with Crippen LogP contribution in [0.25, 0.3) is 0 Å². The van der Waals surface area contributed by atoms with Crippen molar-refractivity contribution in [2.24, 2.45) is 0 Å². The van der Waals surface area contributed by atoms with E-state index in [2.05, 4.69) is 0 Å². The molecule has 0 unspecified atom stereocenters. The van der Waals surface area contributed by atoms with Gasteiger partial charge in [-0.25, -0.2) is 0 Å². The van der Waals surface area contributed by atoms with E-state index in [0.717, 1.165) is 0 Å². The number of rotatable bonds is 5. The Morgan fingerprint density at radius 2 is 1.59 bits per heavy atom. The van der Waals surface area contributed by atoms with Gasteiger partial charge in [-0.15, -0.1) is 0 Å². The Kier molecular flexibility index (Phi) is 5.06. The van der Waals surface area contributed by atoms with Gasteiger partial charge in [0.2, 0.25) is 0 Å². The lowest BCUT2D eigenvalue weighted by Crippen LogP contribution is -2.10. The average molecular weight is 339 g/mol. The van der Waals surface area contributed by atoms with E-state index in [1.165, 1.54) is 26.4 Å². The molecule has 0 aliphatic heterocycles. The first-order chi connectivity index (χ1) is 10.5. The second kappa shape index (κ2) is 6.81. The molecule has 0 amide bonds. The summed E-state index contributed by atoms with van der Waals surface area (Å²) in [5.41, 5.74) is 0.471. The molecule has 0 N–H and O–H groups in total. The highest BCUT2D eigenvalue weighted by Crippen LogP contribution is 2.35. The molecule has 0 spiro atoms. The molecule has 0 fully saturated rings. The monoisotopic (exact) mass is 338 g/mol. The zero-order valence-corrected chi connectivity index (χ0v) is 13.4. The van der Waals surface area contributed by atoms with Crippen LogP contribution in [0.1, 0.15) is 26.3 Å². The van der Waals surface area contributed by atoms with Gasteiger partial charge in [-0.3, -0.25) is 9.59 Å². The van der Waals surface area contributed by atoms with Crippen LogP contribution in [0.15, 0.2) is 36.4 Å². The number of halogens is 2. The van der Waals surface area contributed by atoms with Gasteiger partial charge in [0.25, 0.3) is 5.24 Å². The first kappa shape index (κ1) is 16.3. The quantitative estimate of drug-likeness (QED) is 0.611. The van der Waals surface area contributed by atoms with Gasteiger partial charge in [0.1, 0.15) is 0 Å². The standard InChI is InChI=1S/C16H12Cl2O4/c1-21-12-8-7-11(16(18)20)13(15(12)22-2)14(19)9-3-5-10(17)6-4-9/h3-8H,1-2H3. The van der Waals surface area contributed by atoms with Crippen LogP contribution >= 0.6 is 23.2 Å². The Hall–Kier alpha value is -2.04. The highest BCUT2D eigenvalue weighted by Gasteiger charge is 2.25. The molecular formula is C16H12Cl2O4. The summed E-state index contributed by atoms with van der Waals surface area (Å²) >= 11 is 11.4. The van der Waals surface area contributed by atoms with Gasteiger partial charge in [0.05, 0.1) is 19.8 Å². The fourth-order valence-electron chi connectivity index (χ4n) is 2.06. The highest BCUT2D eigenvalue weighted by molar-refractivity contribution is 6.68. The third kappa shape index (κ3) is 3.08. The Balaban J connectivity index is 2.67. The SMILES string of the molecule is COc1ccc(C(=O)Cl)c(C(=O)c2ccc(Cl)cc2)c1OC. The van der Waals surface area contributed by atoms with Crippen LogP contribution in [0.5, 0.6) is 11.5 Å². The van der Waals surface area contributed by atoms with E-state index in [4.69, 9.17) is 32.7 Å². The zero-order chi connectivity index (χ0) is 16.3. The molecule has 2 aromatic carbocycles. The molecule has 0 saturated carbocycles. The maximum absolute atomic E-state index is 12.7. The number of ether oxygens (including phenoxy) is 2. The average Bonchev–Trinajstić information content (AvgIpc) is 2.53. The van der Waals surface area contributed by atoms with Crippen molar-refractivity contribution in [2.75, 3.05) is 14.2 Å². The summed E-state index contributed by atoms with van der Waals surface area (Å²) in [5, 5.41) is -0.249. The third-order valence-electron chi connectivity index (χ3n) is 3.09. The van der Waals surface area contributed by atoms with E-state index in [-0.39, 0.29) is 16.9 Å². The normalized spacial score (nSPS) is 10.2. The number of carbonyl (C=O) groups excluding carboxylic acids is 2. The predicted molar refractivity (Wildman–Crippen MR) is 84.6 cm³/mol. The molecule has 2 rings (SSSR count). The van der Waals surface area contributed by atoms with Gasteiger partial charge < -0.3 is 9.47 Å². The molecular weight excluding hydrogens is 327 g/mol. The summed E-state index contributed by atoms with van der Waals surface area (Å²) in [5.74, 6) is 0.0897. The maximum Gasteiger partial charge on any atom is 0.253 e. The Bertz CT molecular complexity index is 724. The minimum Gasteiger partial charge on any atom is -0.493 e. The fraction of sp³-hybridized carbons (Fsp3) is 0.125. The van der Waals surface area contributed by atoms with Crippen LogP contribution in [-0.4, -0.2) is 25.2 Å². The van der Waals surface area contributed by atoms with Crippen LogP contribution in [0.4, 0.5) is 0 Å². The van der Waals surface area contributed by atoms with Gasteiger partial charge in [-0.2, -0.15) is 0 Å². The molecule has 4 nitrogen and oxygen atoms in total. The van der Waals surface area contributed by atoms with Crippen molar-refractivity contribution in [2.45, 2.75) is 0 Å². The number of carbonyl (C=O) groups is 2. The fourth-order valence-corrected chi connectivity index (χ4v) is 2.35. The van der Waals surface area contributed by atoms with Crippen molar-refractivity contribution >= 4 is 34.2 Å². The molecule has 114 valence electrons. The predicted octanol–water partition coefficient (Wildman–Crippen LogP) is 3.97. The van der Waals surface area contributed by atoms with Crippen LogP contribution in [-0.2, 0) is 0 Å². The molecule has 0 saturated heterocycles. The summed E-state index contributed by atoms with van der Waals surface area (Å²) in [6.07, 6.45) is 0. The van der Waals surface area contributed by atoms with E-state index in [1.54, 1.807) is 24.3 Å². The van der Waals surface area contributed by atoms with Crippen molar-refractivity contribution in [3.8, 4) is 11.5 Å². The summed E-state index contributed by atoms with van der Waals surface area (Å²) < 4.78 is 10.4. The number of hydrogen-bond acceptors (Lipinski definition) is 4. The molecule has 0 radical (unpaired) electrons. The van der Waals surface area contributed by atoms with Crippen molar-refractivity contribution in [3.63, 3.8) is 0 Å². The zero-order valence-electron chi connectivity index (χ0n) is 11.9. The van der Waals surface area contributed by atoms with E-state index in [9.17, 15) is 9.59 Å². The number of ketones is 1. The number of hydrogen-bond donors (Lipinski definition) is 0. The third-order valence-corrected chi connectivity index (χ3v) is 3.55. The topological polar surface area (TPSA) is 52.6 Å². The molecule has 2 aromatic rings. The van der Waals surface area contributed by atoms with Crippen LogP contribution < -0.4 is 9.47 Å². The minimum atomic E-state index is -0.752. The van der Waals surface area contributed by atoms with Crippen molar-refractivity contribution in [1.82, 2.24) is 0 Å². The van der Waals surface area contributed by atoms with Crippen molar-refractivity contribution in [3.05, 3.63) is 58.1 Å². The summed E-state index contributed by atoms with van der Waals surface area (Å²) in [6.45, 7) is 0. The van der Waals surface area contributed by atoms with Crippen molar-refractivity contribution in [1.29, 1.82) is 0 Å². The van der Waals surface area contributed by atoms with Crippen LogP contribution in [0.2, 0.25) is 5.02 Å². The molecule has 0 aliphatic rings. The lowest BCUT2D eigenvalue weighted by molar-refractivity contribution is 0.101. The number of benzene rings is 2. The molecule has 0 bridgehead atoms. The minimum absolute atomic E-state index is 0.0549. The van der Waals surface area contributed by atoms with E-state index < -0.39 is 11.0 Å². The summed E-state index contributed by atoms with van der Waals surface area (Å²) in [4.78, 5) is 24.4. The van der Waals surface area contributed by atoms with Gasteiger partial charge in [0, 0.05) is 16.1 Å². The summed E-state index contributed by atoms with van der Waals surface area (Å²) in [6, 6.07) is 9.25. The lowest BCUT2D eigenvalue weighted by Gasteiger charge is -2.14. The summed E-state index contributed by atoms with van der Waals surface area (Å²) in [7, 11) is 2.83. The van der Waals surface area contributed by atoms with Crippen LogP contribution in [0, 0.1) is 0 Å². The van der Waals surface area contributed by atoms with E-state index in [0.29, 0.717) is 16.3 Å². The molecule has 0 atom stereocenters. The smallest absolute Gasteiger partial charge is 0.253 e. The van der Waals surface area contributed by atoms with Crippen LogP contribution in [0.3, 0.4) is 0 Å². The van der Waals surface area contributed by atoms with Crippen molar-refractivity contribution < 1.29 is 19.1 Å². The van der Waals surface area contributed by atoms with Gasteiger partial charge >= 0.3 is 0 Å². The molecule has 0 heterocycles. The Labute approximate surface area is 137 Å². The molecule has 22 heavy (non-hydrogen) atoms. The first-order valence-electron chi connectivity index (χ1n) is 6.24.